The fraction of sp³-hybridized carbons (Fsp3) is 0.300. The van der Waals surface area contributed by atoms with Crippen molar-refractivity contribution in [1.29, 1.82) is 0 Å². The van der Waals surface area contributed by atoms with E-state index in [1.807, 2.05) is 20.2 Å². The van der Waals surface area contributed by atoms with Crippen molar-refractivity contribution in [3.8, 4) is 0 Å². The molecule has 0 amide bonds. The van der Waals surface area contributed by atoms with Gasteiger partial charge in [0.1, 0.15) is 0 Å². The van der Waals surface area contributed by atoms with E-state index in [-0.39, 0.29) is 11.8 Å². The van der Waals surface area contributed by atoms with Gasteiger partial charge in [0.25, 0.3) is 0 Å². The molecule has 0 saturated heterocycles. The smallest absolute Gasteiger partial charge is 0.239 e. The number of aromatic nitrogens is 4. The largest absolute Gasteiger partial charge is 0.363 e. The van der Waals surface area contributed by atoms with Crippen LogP contribution in [0, 0.1) is 12.7 Å². The topological polar surface area (TPSA) is 93.7 Å². The summed E-state index contributed by atoms with van der Waals surface area (Å²) in [7, 11) is 1.83. The Morgan fingerprint density at radius 1 is 1.50 bits per heavy atom. The van der Waals surface area contributed by atoms with Crippen molar-refractivity contribution in [2.45, 2.75) is 13.5 Å². The van der Waals surface area contributed by atoms with Gasteiger partial charge in [-0.2, -0.15) is 10.1 Å². The van der Waals surface area contributed by atoms with E-state index in [0.717, 1.165) is 17.5 Å². The fourth-order valence-corrected chi connectivity index (χ4v) is 1.56. The van der Waals surface area contributed by atoms with Crippen LogP contribution in [-0.4, -0.2) is 19.7 Å². The summed E-state index contributed by atoms with van der Waals surface area (Å²) in [5.41, 5.74) is 4.12. The Morgan fingerprint density at radius 2 is 2.28 bits per heavy atom. The van der Waals surface area contributed by atoms with Crippen LogP contribution >= 0.6 is 0 Å². The average molecular weight is 251 g/mol. The molecule has 2 aromatic heterocycles. The average Bonchev–Trinajstić information content (AvgIpc) is 2.67. The predicted octanol–water partition coefficient (Wildman–Crippen LogP) is 0.555. The molecule has 8 heteroatoms. The molecule has 2 heterocycles. The number of halogens is 1. The Morgan fingerprint density at radius 3 is 2.89 bits per heavy atom. The molecule has 0 radical (unpaired) electrons. The number of hydrazine groups is 1. The highest BCUT2D eigenvalue weighted by molar-refractivity contribution is 5.41. The van der Waals surface area contributed by atoms with E-state index in [0.29, 0.717) is 6.54 Å². The number of hydrogen-bond donors (Lipinski definition) is 3. The monoisotopic (exact) mass is 251 g/mol. The molecule has 0 spiro atoms. The second-order valence-electron chi connectivity index (χ2n) is 3.80. The second kappa shape index (κ2) is 4.96. The molecular formula is C10H14FN7. The predicted molar refractivity (Wildman–Crippen MR) is 65.1 cm³/mol. The number of aryl methyl sites for hydroxylation is 2. The highest BCUT2D eigenvalue weighted by Gasteiger charge is 2.08. The fourth-order valence-electron chi connectivity index (χ4n) is 1.56. The summed E-state index contributed by atoms with van der Waals surface area (Å²) in [6.07, 6.45) is 2.92. The molecule has 2 rings (SSSR count). The van der Waals surface area contributed by atoms with Gasteiger partial charge in [-0.25, -0.2) is 15.2 Å². The third-order valence-corrected chi connectivity index (χ3v) is 2.43. The van der Waals surface area contributed by atoms with Crippen molar-refractivity contribution >= 4 is 11.8 Å². The first-order valence-electron chi connectivity index (χ1n) is 5.32. The molecule has 0 atom stereocenters. The summed E-state index contributed by atoms with van der Waals surface area (Å²) in [4.78, 5) is 7.54. The normalized spacial score (nSPS) is 10.4. The standard InChI is InChI=1S/C10H14FN7/c1-6-7(5-18(2)17-6)3-13-9-8(11)4-14-10(15-9)16-12/h4-5H,3,12H2,1-2H3,(H2,13,14,15,16). The van der Waals surface area contributed by atoms with Gasteiger partial charge in [-0.05, 0) is 6.92 Å². The van der Waals surface area contributed by atoms with Gasteiger partial charge in [-0.3, -0.25) is 10.1 Å². The van der Waals surface area contributed by atoms with E-state index < -0.39 is 5.82 Å². The Balaban J connectivity index is 2.12. The van der Waals surface area contributed by atoms with E-state index in [4.69, 9.17) is 5.84 Å². The maximum Gasteiger partial charge on any atom is 0.239 e. The Bertz CT molecular complexity index is 551. The highest BCUT2D eigenvalue weighted by atomic mass is 19.1. The molecule has 0 aliphatic heterocycles. The zero-order valence-electron chi connectivity index (χ0n) is 10.1. The van der Waals surface area contributed by atoms with Crippen molar-refractivity contribution in [3.05, 3.63) is 29.5 Å². The molecule has 0 bridgehead atoms. The van der Waals surface area contributed by atoms with Crippen LogP contribution in [0.25, 0.3) is 0 Å². The lowest BCUT2D eigenvalue weighted by atomic mass is 10.2. The minimum Gasteiger partial charge on any atom is -0.363 e. The molecule has 0 aliphatic rings. The molecule has 0 fully saturated rings. The van der Waals surface area contributed by atoms with Crippen LogP contribution in [0.2, 0.25) is 0 Å². The highest BCUT2D eigenvalue weighted by Crippen LogP contribution is 2.13. The van der Waals surface area contributed by atoms with E-state index in [1.165, 1.54) is 0 Å². The molecular weight excluding hydrogens is 237 g/mol. The van der Waals surface area contributed by atoms with Gasteiger partial charge in [-0.15, -0.1) is 0 Å². The summed E-state index contributed by atoms with van der Waals surface area (Å²) < 4.78 is 15.1. The molecule has 18 heavy (non-hydrogen) atoms. The Kier molecular flexibility index (Phi) is 3.38. The van der Waals surface area contributed by atoms with Crippen LogP contribution in [0.15, 0.2) is 12.4 Å². The molecule has 0 aliphatic carbocycles. The van der Waals surface area contributed by atoms with Crippen molar-refractivity contribution in [1.82, 2.24) is 19.7 Å². The van der Waals surface area contributed by atoms with Crippen molar-refractivity contribution in [3.63, 3.8) is 0 Å². The van der Waals surface area contributed by atoms with E-state index in [1.54, 1.807) is 4.68 Å². The van der Waals surface area contributed by atoms with Crippen molar-refractivity contribution < 1.29 is 4.39 Å². The van der Waals surface area contributed by atoms with Gasteiger partial charge in [0.2, 0.25) is 5.95 Å². The summed E-state index contributed by atoms with van der Waals surface area (Å²) >= 11 is 0. The van der Waals surface area contributed by atoms with Gasteiger partial charge < -0.3 is 5.32 Å². The first-order chi connectivity index (χ1) is 8.60. The van der Waals surface area contributed by atoms with Crippen LogP contribution in [0.4, 0.5) is 16.2 Å². The number of hydrogen-bond acceptors (Lipinski definition) is 6. The maximum absolute atomic E-state index is 13.4. The van der Waals surface area contributed by atoms with Gasteiger partial charge in [0, 0.05) is 25.4 Å². The Labute approximate surface area is 103 Å². The number of nitrogens with two attached hydrogens (primary N) is 1. The molecule has 2 aromatic rings. The summed E-state index contributed by atoms with van der Waals surface area (Å²) in [5.74, 6) is 4.89. The number of nitrogens with zero attached hydrogens (tertiary/aromatic N) is 4. The molecule has 7 nitrogen and oxygen atoms in total. The quantitative estimate of drug-likeness (QED) is 0.543. The lowest BCUT2D eigenvalue weighted by Gasteiger charge is -2.07. The van der Waals surface area contributed by atoms with E-state index >= 15 is 0 Å². The zero-order chi connectivity index (χ0) is 13.1. The zero-order valence-corrected chi connectivity index (χ0v) is 10.1. The SMILES string of the molecule is Cc1nn(C)cc1CNc1nc(NN)ncc1F. The lowest BCUT2D eigenvalue weighted by molar-refractivity contribution is 0.617. The van der Waals surface area contributed by atoms with Crippen LogP contribution in [0.1, 0.15) is 11.3 Å². The summed E-state index contributed by atoms with van der Waals surface area (Å²) in [5, 5.41) is 7.08. The third kappa shape index (κ3) is 2.54. The summed E-state index contributed by atoms with van der Waals surface area (Å²) in [6, 6.07) is 0. The number of nitrogen functional groups attached to an aromatic ring is 1. The van der Waals surface area contributed by atoms with Gasteiger partial charge in [0.05, 0.1) is 11.9 Å². The van der Waals surface area contributed by atoms with Crippen LogP contribution in [-0.2, 0) is 13.6 Å². The number of rotatable bonds is 4. The van der Waals surface area contributed by atoms with Crippen LogP contribution in [0.3, 0.4) is 0 Å². The molecule has 0 saturated carbocycles. The van der Waals surface area contributed by atoms with E-state index in [9.17, 15) is 4.39 Å². The minimum atomic E-state index is -0.532. The minimum absolute atomic E-state index is 0.0983. The maximum atomic E-state index is 13.4. The number of nitrogens with one attached hydrogen (secondary N) is 2. The molecule has 96 valence electrons. The molecule has 0 unspecified atom stereocenters. The van der Waals surface area contributed by atoms with Gasteiger partial charge >= 0.3 is 0 Å². The van der Waals surface area contributed by atoms with Crippen LogP contribution < -0.4 is 16.6 Å². The molecule has 4 N–H and O–H groups in total. The van der Waals surface area contributed by atoms with Crippen molar-refractivity contribution in [2.24, 2.45) is 12.9 Å². The summed E-state index contributed by atoms with van der Waals surface area (Å²) in [6.45, 7) is 2.32. The second-order valence-corrected chi connectivity index (χ2v) is 3.80. The number of anilines is 2. The van der Waals surface area contributed by atoms with Gasteiger partial charge in [0.15, 0.2) is 11.6 Å². The van der Waals surface area contributed by atoms with Crippen LogP contribution in [0.5, 0.6) is 0 Å². The van der Waals surface area contributed by atoms with E-state index in [2.05, 4.69) is 25.8 Å². The molecule has 0 aromatic carbocycles. The third-order valence-electron chi connectivity index (χ3n) is 2.43. The van der Waals surface area contributed by atoms with Crippen molar-refractivity contribution in [2.75, 3.05) is 10.7 Å². The Hall–Kier alpha value is -2.22. The van der Waals surface area contributed by atoms with Gasteiger partial charge in [-0.1, -0.05) is 0 Å². The first-order valence-corrected chi connectivity index (χ1v) is 5.32. The first kappa shape index (κ1) is 12.2. The lowest BCUT2D eigenvalue weighted by Crippen LogP contribution is -2.13.